The Hall–Kier alpha value is -2.96. The van der Waals surface area contributed by atoms with Crippen LogP contribution in [0.4, 0.5) is 0 Å². The summed E-state index contributed by atoms with van der Waals surface area (Å²) in [6.07, 6.45) is 1.61. The Bertz CT molecular complexity index is 891. The Morgan fingerprint density at radius 3 is 2.58 bits per heavy atom. The normalized spacial score (nSPS) is 14.5. The number of carbonyl (C=O) groups is 1. The Labute approximate surface area is 151 Å². The molecular formula is C19H20N4O3. The van der Waals surface area contributed by atoms with Crippen molar-refractivity contribution in [3.63, 3.8) is 0 Å². The second-order valence-electron chi connectivity index (χ2n) is 6.64. The molecule has 134 valence electrons. The summed E-state index contributed by atoms with van der Waals surface area (Å²) in [4.78, 5) is 18.8. The van der Waals surface area contributed by atoms with Crippen LogP contribution in [-0.4, -0.2) is 39.2 Å². The smallest absolute Gasteiger partial charge is 0.259 e. The third-order valence-electron chi connectivity index (χ3n) is 4.73. The van der Waals surface area contributed by atoms with Crippen LogP contribution in [0, 0.1) is 13.8 Å². The summed E-state index contributed by atoms with van der Waals surface area (Å²) in [6, 6.07) is 10.2. The monoisotopic (exact) mass is 352 g/mol. The van der Waals surface area contributed by atoms with Gasteiger partial charge in [0.2, 0.25) is 5.89 Å². The van der Waals surface area contributed by atoms with Crippen LogP contribution in [0.15, 0.2) is 39.4 Å². The summed E-state index contributed by atoms with van der Waals surface area (Å²) in [7, 11) is 0. The molecule has 0 spiro atoms. The third-order valence-corrected chi connectivity index (χ3v) is 4.73. The molecule has 1 saturated heterocycles. The van der Waals surface area contributed by atoms with Crippen molar-refractivity contribution in [1.82, 2.24) is 20.2 Å². The predicted molar refractivity (Wildman–Crippen MR) is 92.8 cm³/mol. The summed E-state index contributed by atoms with van der Waals surface area (Å²) < 4.78 is 10.5. The lowest BCUT2D eigenvalue weighted by Gasteiger charge is -2.36. The van der Waals surface area contributed by atoms with Crippen molar-refractivity contribution in [2.75, 3.05) is 13.1 Å². The van der Waals surface area contributed by atoms with Crippen LogP contribution < -0.4 is 0 Å². The molecule has 4 rings (SSSR count). The van der Waals surface area contributed by atoms with Gasteiger partial charge in [0.15, 0.2) is 5.82 Å². The highest BCUT2D eigenvalue weighted by molar-refractivity contribution is 5.96. The summed E-state index contributed by atoms with van der Waals surface area (Å²) >= 11 is 0. The number of hydrogen-bond acceptors (Lipinski definition) is 6. The lowest BCUT2D eigenvalue weighted by molar-refractivity contribution is 0.0566. The van der Waals surface area contributed by atoms with Gasteiger partial charge in [0.1, 0.15) is 11.3 Å². The Morgan fingerprint density at radius 1 is 1.12 bits per heavy atom. The van der Waals surface area contributed by atoms with Gasteiger partial charge in [-0.1, -0.05) is 40.6 Å². The SMILES string of the molecule is Cc1noc(C)c1C(=O)N1CC(c2nc(CCc3ccccc3)no2)C1. The standard InChI is InChI=1S/C19H20N4O3/c1-12-17(13(2)25-21-12)19(24)23-10-15(11-23)18-20-16(22-26-18)9-8-14-6-4-3-5-7-14/h3-7,15H,8-11H2,1-2H3. The molecule has 0 radical (unpaired) electrons. The number of likely N-dealkylation sites (tertiary alicyclic amines) is 1. The van der Waals surface area contributed by atoms with E-state index in [1.807, 2.05) is 18.2 Å². The highest BCUT2D eigenvalue weighted by Gasteiger charge is 2.37. The first-order valence-electron chi connectivity index (χ1n) is 8.70. The van der Waals surface area contributed by atoms with Gasteiger partial charge >= 0.3 is 0 Å². The molecular weight excluding hydrogens is 332 g/mol. The molecule has 1 aromatic carbocycles. The van der Waals surface area contributed by atoms with E-state index in [9.17, 15) is 4.79 Å². The van der Waals surface area contributed by atoms with Crippen LogP contribution in [0.25, 0.3) is 0 Å². The first-order chi connectivity index (χ1) is 12.6. The van der Waals surface area contributed by atoms with Crippen LogP contribution in [0.5, 0.6) is 0 Å². The molecule has 1 amide bonds. The molecule has 1 aliphatic heterocycles. The predicted octanol–water partition coefficient (Wildman–Crippen LogP) is 2.70. The lowest BCUT2D eigenvalue weighted by atomic mass is 9.98. The molecule has 0 bridgehead atoms. The lowest BCUT2D eigenvalue weighted by Crippen LogP contribution is -2.48. The highest BCUT2D eigenvalue weighted by Crippen LogP contribution is 2.28. The number of aromatic nitrogens is 3. The van der Waals surface area contributed by atoms with Crippen molar-refractivity contribution in [2.45, 2.75) is 32.6 Å². The van der Waals surface area contributed by atoms with Crippen LogP contribution in [0.3, 0.4) is 0 Å². The number of rotatable bonds is 5. The fourth-order valence-corrected chi connectivity index (χ4v) is 3.18. The second kappa shape index (κ2) is 6.74. The van der Waals surface area contributed by atoms with Crippen molar-refractivity contribution < 1.29 is 13.8 Å². The molecule has 1 fully saturated rings. The number of aryl methyl sites for hydroxylation is 4. The van der Waals surface area contributed by atoms with E-state index in [1.165, 1.54) is 5.56 Å². The molecule has 2 aromatic heterocycles. The van der Waals surface area contributed by atoms with E-state index in [1.54, 1.807) is 18.7 Å². The minimum Gasteiger partial charge on any atom is -0.361 e. The van der Waals surface area contributed by atoms with Crippen LogP contribution in [-0.2, 0) is 12.8 Å². The van der Waals surface area contributed by atoms with E-state index in [2.05, 4.69) is 27.4 Å². The van der Waals surface area contributed by atoms with Gasteiger partial charge in [-0.15, -0.1) is 0 Å². The fourth-order valence-electron chi connectivity index (χ4n) is 3.18. The number of carbonyl (C=O) groups excluding carboxylic acids is 1. The molecule has 0 unspecified atom stereocenters. The third kappa shape index (κ3) is 3.12. The minimum absolute atomic E-state index is 0.0543. The van der Waals surface area contributed by atoms with Crippen LogP contribution >= 0.6 is 0 Å². The van der Waals surface area contributed by atoms with E-state index in [0.717, 1.165) is 12.8 Å². The van der Waals surface area contributed by atoms with Gasteiger partial charge in [0, 0.05) is 19.5 Å². The first kappa shape index (κ1) is 16.5. The van der Waals surface area contributed by atoms with Gasteiger partial charge in [-0.3, -0.25) is 4.79 Å². The molecule has 26 heavy (non-hydrogen) atoms. The van der Waals surface area contributed by atoms with Gasteiger partial charge in [-0.2, -0.15) is 4.98 Å². The summed E-state index contributed by atoms with van der Waals surface area (Å²) in [5.74, 6) is 1.91. The van der Waals surface area contributed by atoms with Gasteiger partial charge in [0.25, 0.3) is 5.91 Å². The maximum absolute atomic E-state index is 12.5. The summed E-state index contributed by atoms with van der Waals surface area (Å²) in [5.41, 5.74) is 2.42. The van der Waals surface area contributed by atoms with E-state index in [0.29, 0.717) is 41.8 Å². The van der Waals surface area contributed by atoms with Crippen molar-refractivity contribution in [2.24, 2.45) is 0 Å². The average molecular weight is 352 g/mol. The van der Waals surface area contributed by atoms with Crippen molar-refractivity contribution in [3.05, 3.63) is 64.6 Å². The zero-order valence-electron chi connectivity index (χ0n) is 14.8. The summed E-state index contributed by atoms with van der Waals surface area (Å²) in [5, 5.41) is 7.91. The van der Waals surface area contributed by atoms with Gasteiger partial charge in [-0.05, 0) is 25.8 Å². The van der Waals surface area contributed by atoms with Crippen molar-refractivity contribution >= 4 is 5.91 Å². The average Bonchev–Trinajstić information content (AvgIpc) is 3.19. The summed E-state index contributed by atoms with van der Waals surface area (Å²) in [6.45, 7) is 4.67. The number of nitrogens with zero attached hydrogens (tertiary/aromatic N) is 4. The number of benzene rings is 1. The van der Waals surface area contributed by atoms with E-state index >= 15 is 0 Å². The van der Waals surface area contributed by atoms with Crippen LogP contribution in [0.1, 0.15) is 45.0 Å². The van der Waals surface area contributed by atoms with E-state index in [-0.39, 0.29) is 11.8 Å². The molecule has 3 aromatic rings. The van der Waals surface area contributed by atoms with E-state index < -0.39 is 0 Å². The first-order valence-corrected chi connectivity index (χ1v) is 8.70. The van der Waals surface area contributed by atoms with Gasteiger partial charge < -0.3 is 13.9 Å². The van der Waals surface area contributed by atoms with Crippen LogP contribution in [0.2, 0.25) is 0 Å². The van der Waals surface area contributed by atoms with Crippen molar-refractivity contribution in [3.8, 4) is 0 Å². The molecule has 3 heterocycles. The largest absolute Gasteiger partial charge is 0.361 e. The maximum atomic E-state index is 12.5. The van der Waals surface area contributed by atoms with Crippen molar-refractivity contribution in [1.29, 1.82) is 0 Å². The maximum Gasteiger partial charge on any atom is 0.259 e. The molecule has 0 atom stereocenters. The highest BCUT2D eigenvalue weighted by atomic mass is 16.5. The zero-order chi connectivity index (χ0) is 18.1. The van der Waals surface area contributed by atoms with E-state index in [4.69, 9.17) is 9.05 Å². The van der Waals surface area contributed by atoms with Gasteiger partial charge in [-0.25, -0.2) is 0 Å². The number of amides is 1. The Kier molecular flexibility index (Phi) is 4.28. The molecule has 0 saturated carbocycles. The molecule has 7 heteroatoms. The Morgan fingerprint density at radius 2 is 1.88 bits per heavy atom. The molecule has 0 N–H and O–H groups in total. The molecule has 0 aliphatic carbocycles. The molecule has 1 aliphatic rings. The second-order valence-corrected chi connectivity index (χ2v) is 6.64. The fraction of sp³-hybridized carbons (Fsp3) is 0.368. The Balaban J connectivity index is 1.33. The quantitative estimate of drug-likeness (QED) is 0.702. The van der Waals surface area contributed by atoms with Gasteiger partial charge in [0.05, 0.1) is 11.6 Å². The zero-order valence-corrected chi connectivity index (χ0v) is 14.8. The topological polar surface area (TPSA) is 85.3 Å². The minimum atomic E-state index is -0.0543. The molecule has 7 nitrogen and oxygen atoms in total. The number of hydrogen-bond donors (Lipinski definition) is 0.